The van der Waals surface area contributed by atoms with Crippen LogP contribution in [0.4, 0.5) is 0 Å². The van der Waals surface area contributed by atoms with Crippen molar-refractivity contribution in [2.75, 3.05) is 20.3 Å². The Balaban J connectivity index is 2.03. The normalized spacial score (nSPS) is 18.2. The number of hydrogen-bond donors (Lipinski definition) is 1. The summed E-state index contributed by atoms with van der Waals surface area (Å²) >= 11 is 1.75. The number of nitrogens with one attached hydrogen (secondary N) is 1. The zero-order valence-electron chi connectivity index (χ0n) is 12.8. The van der Waals surface area contributed by atoms with Gasteiger partial charge in [-0.1, -0.05) is 6.92 Å². The molecule has 4 nitrogen and oxygen atoms in total. The van der Waals surface area contributed by atoms with Crippen LogP contribution in [-0.4, -0.2) is 31.1 Å². The lowest BCUT2D eigenvalue weighted by molar-refractivity contribution is 0.297. The van der Waals surface area contributed by atoms with Gasteiger partial charge in [0.2, 0.25) is 0 Å². The molecule has 0 spiro atoms. The molecule has 114 valence electrons. The van der Waals surface area contributed by atoms with Gasteiger partial charge in [0.25, 0.3) is 0 Å². The van der Waals surface area contributed by atoms with Crippen molar-refractivity contribution in [1.82, 2.24) is 5.32 Å². The van der Waals surface area contributed by atoms with Crippen molar-refractivity contribution in [2.45, 2.75) is 42.4 Å². The molecule has 2 unspecified atom stereocenters. The first-order valence-corrected chi connectivity index (χ1v) is 8.11. The average Bonchev–Trinajstić information content (AvgIpc) is 2.71. The Morgan fingerprint density at radius 3 is 2.76 bits per heavy atom. The van der Waals surface area contributed by atoms with Gasteiger partial charge >= 0.3 is 0 Å². The van der Waals surface area contributed by atoms with Crippen LogP contribution in [0.15, 0.2) is 23.1 Å². The number of rotatable bonds is 5. The van der Waals surface area contributed by atoms with Gasteiger partial charge in [-0.15, -0.1) is 11.8 Å². The molecule has 0 aromatic heterocycles. The first-order chi connectivity index (χ1) is 10.1. The van der Waals surface area contributed by atoms with Crippen molar-refractivity contribution in [1.29, 1.82) is 5.26 Å². The highest BCUT2D eigenvalue weighted by Gasteiger charge is 2.24. The maximum absolute atomic E-state index is 9.23. The summed E-state index contributed by atoms with van der Waals surface area (Å²) in [5.41, 5.74) is -0.488. The molecule has 21 heavy (non-hydrogen) atoms. The van der Waals surface area contributed by atoms with E-state index >= 15 is 0 Å². The molecule has 0 amide bonds. The highest BCUT2D eigenvalue weighted by Crippen LogP contribution is 2.36. The number of nitrogens with zero attached hydrogens (tertiary/aromatic N) is 1. The number of thioether (sulfide) groups is 1. The largest absolute Gasteiger partial charge is 0.490 e. The minimum absolute atomic E-state index is 0.326. The Morgan fingerprint density at radius 1 is 1.38 bits per heavy atom. The molecule has 1 aromatic carbocycles. The van der Waals surface area contributed by atoms with Gasteiger partial charge in [0.1, 0.15) is 5.54 Å². The standard InChI is InChI=1S/C16H22N2O2S/c1-12(10-16(2,11-17)18-3)21-13-5-6-14-15(9-13)20-8-4-7-19-14/h5-6,9,12,18H,4,7-8,10H2,1-3H3. The molecule has 0 aliphatic carbocycles. The molecule has 1 heterocycles. The monoisotopic (exact) mass is 306 g/mol. The van der Waals surface area contributed by atoms with Crippen molar-refractivity contribution in [3.8, 4) is 17.6 Å². The van der Waals surface area contributed by atoms with E-state index in [2.05, 4.69) is 24.4 Å². The SMILES string of the molecule is CNC(C)(C#N)CC(C)Sc1ccc2c(c1)OCCCO2. The lowest BCUT2D eigenvalue weighted by Gasteiger charge is -2.24. The predicted octanol–water partition coefficient (Wildman–Crippen LogP) is 3.22. The molecule has 0 fully saturated rings. The van der Waals surface area contributed by atoms with E-state index in [9.17, 15) is 5.26 Å². The van der Waals surface area contributed by atoms with Crippen LogP contribution >= 0.6 is 11.8 Å². The maximum atomic E-state index is 9.23. The van der Waals surface area contributed by atoms with Crippen LogP contribution in [0.1, 0.15) is 26.7 Å². The zero-order valence-corrected chi connectivity index (χ0v) is 13.6. The minimum atomic E-state index is -0.488. The minimum Gasteiger partial charge on any atom is -0.490 e. The van der Waals surface area contributed by atoms with E-state index < -0.39 is 5.54 Å². The van der Waals surface area contributed by atoms with E-state index in [4.69, 9.17) is 9.47 Å². The van der Waals surface area contributed by atoms with Crippen LogP contribution in [0, 0.1) is 11.3 Å². The van der Waals surface area contributed by atoms with E-state index in [1.165, 1.54) is 0 Å². The summed E-state index contributed by atoms with van der Waals surface area (Å²) in [5, 5.41) is 12.6. The fourth-order valence-corrected chi connectivity index (χ4v) is 3.47. The van der Waals surface area contributed by atoms with Gasteiger partial charge in [-0.25, -0.2) is 0 Å². The van der Waals surface area contributed by atoms with Crippen molar-refractivity contribution in [2.24, 2.45) is 0 Å². The number of fused-ring (bicyclic) bond motifs is 1. The summed E-state index contributed by atoms with van der Waals surface area (Å²) < 4.78 is 11.3. The van der Waals surface area contributed by atoms with Crippen molar-refractivity contribution < 1.29 is 9.47 Å². The fourth-order valence-electron chi connectivity index (χ4n) is 2.27. The van der Waals surface area contributed by atoms with Gasteiger partial charge in [-0.2, -0.15) is 5.26 Å². The lowest BCUT2D eigenvalue weighted by atomic mass is 9.98. The van der Waals surface area contributed by atoms with Crippen LogP contribution in [0.25, 0.3) is 0 Å². The molecule has 5 heteroatoms. The third kappa shape index (κ3) is 4.29. The van der Waals surface area contributed by atoms with E-state index in [0.29, 0.717) is 18.5 Å². The number of benzene rings is 1. The van der Waals surface area contributed by atoms with Crippen LogP contribution in [0.5, 0.6) is 11.5 Å². The fraction of sp³-hybridized carbons (Fsp3) is 0.562. The Hall–Kier alpha value is -1.38. The Labute approximate surface area is 130 Å². The second-order valence-electron chi connectivity index (χ2n) is 5.49. The first-order valence-electron chi connectivity index (χ1n) is 7.23. The Morgan fingerprint density at radius 2 is 2.10 bits per heavy atom. The summed E-state index contributed by atoms with van der Waals surface area (Å²) in [7, 11) is 1.83. The van der Waals surface area contributed by atoms with Crippen molar-refractivity contribution in [3.63, 3.8) is 0 Å². The van der Waals surface area contributed by atoms with Gasteiger partial charge in [0, 0.05) is 16.6 Å². The highest BCUT2D eigenvalue weighted by molar-refractivity contribution is 8.00. The molecule has 2 rings (SSSR count). The van der Waals surface area contributed by atoms with Crippen molar-refractivity contribution >= 4 is 11.8 Å². The summed E-state index contributed by atoms with van der Waals surface area (Å²) in [6.07, 6.45) is 1.69. The molecule has 1 aromatic rings. The van der Waals surface area contributed by atoms with Gasteiger partial charge < -0.3 is 14.8 Å². The summed E-state index contributed by atoms with van der Waals surface area (Å²) in [6.45, 7) is 5.47. The Bertz CT molecular complexity index is 529. The van der Waals surface area contributed by atoms with E-state index in [1.54, 1.807) is 11.8 Å². The number of nitriles is 1. The predicted molar refractivity (Wildman–Crippen MR) is 85.1 cm³/mol. The molecule has 2 atom stereocenters. The van der Waals surface area contributed by atoms with Gasteiger partial charge in [-0.05, 0) is 38.6 Å². The summed E-state index contributed by atoms with van der Waals surface area (Å²) in [4.78, 5) is 1.14. The smallest absolute Gasteiger partial charge is 0.162 e. The summed E-state index contributed by atoms with van der Waals surface area (Å²) in [5.74, 6) is 1.64. The molecule has 1 aliphatic heterocycles. The third-order valence-electron chi connectivity index (χ3n) is 3.55. The van der Waals surface area contributed by atoms with Crippen LogP contribution in [0.3, 0.4) is 0 Å². The van der Waals surface area contributed by atoms with Gasteiger partial charge in [0.05, 0.1) is 19.3 Å². The number of ether oxygens (including phenoxy) is 2. The van der Waals surface area contributed by atoms with E-state index in [-0.39, 0.29) is 0 Å². The van der Waals surface area contributed by atoms with Crippen LogP contribution in [0.2, 0.25) is 0 Å². The molecule has 0 radical (unpaired) electrons. The van der Waals surface area contributed by atoms with Gasteiger partial charge in [0.15, 0.2) is 11.5 Å². The van der Waals surface area contributed by atoms with Crippen LogP contribution in [-0.2, 0) is 0 Å². The van der Waals surface area contributed by atoms with Gasteiger partial charge in [-0.3, -0.25) is 0 Å². The second kappa shape index (κ2) is 7.06. The van der Waals surface area contributed by atoms with Crippen LogP contribution < -0.4 is 14.8 Å². The lowest BCUT2D eigenvalue weighted by Crippen LogP contribution is -2.40. The maximum Gasteiger partial charge on any atom is 0.162 e. The van der Waals surface area contributed by atoms with Crippen molar-refractivity contribution in [3.05, 3.63) is 18.2 Å². The average molecular weight is 306 g/mol. The van der Waals surface area contributed by atoms with E-state index in [1.807, 2.05) is 26.1 Å². The first kappa shape index (κ1) is 16.0. The second-order valence-corrected chi connectivity index (χ2v) is 7.00. The molecule has 1 aliphatic rings. The zero-order chi connectivity index (χ0) is 15.3. The quantitative estimate of drug-likeness (QED) is 0.847. The summed E-state index contributed by atoms with van der Waals surface area (Å²) in [6, 6.07) is 8.39. The Kier molecular flexibility index (Phi) is 5.38. The van der Waals surface area contributed by atoms with E-state index in [0.717, 1.165) is 29.2 Å². The third-order valence-corrected chi connectivity index (χ3v) is 4.65. The molecule has 0 bridgehead atoms. The molecular formula is C16H22N2O2S. The molecule has 0 saturated heterocycles. The number of hydrogen-bond acceptors (Lipinski definition) is 5. The molecule has 1 N–H and O–H groups in total. The highest BCUT2D eigenvalue weighted by atomic mass is 32.2. The molecule has 0 saturated carbocycles. The topological polar surface area (TPSA) is 54.3 Å². The molecular weight excluding hydrogens is 284 g/mol.